The van der Waals surface area contributed by atoms with Gasteiger partial charge in [0.2, 0.25) is 0 Å². The zero-order valence-corrected chi connectivity index (χ0v) is 9.96. The molecule has 0 amide bonds. The normalized spacial score (nSPS) is 20.0. The van der Waals surface area contributed by atoms with Gasteiger partial charge in [-0.15, -0.1) is 0 Å². The first kappa shape index (κ1) is 10.9. The minimum absolute atomic E-state index is 0.403. The van der Waals surface area contributed by atoms with E-state index in [-0.39, 0.29) is 0 Å². The summed E-state index contributed by atoms with van der Waals surface area (Å²) in [6.45, 7) is 5.10. The Morgan fingerprint density at radius 1 is 1.60 bits per heavy atom. The van der Waals surface area contributed by atoms with E-state index < -0.39 is 0 Å². The summed E-state index contributed by atoms with van der Waals surface area (Å²) in [5.74, 6) is 0. The van der Waals surface area contributed by atoms with Gasteiger partial charge in [0.05, 0.1) is 0 Å². The third-order valence-corrected chi connectivity index (χ3v) is 3.76. The Bertz CT molecular complexity index is 329. The molecule has 0 aliphatic carbocycles. The van der Waals surface area contributed by atoms with Gasteiger partial charge in [0.25, 0.3) is 0 Å². The lowest BCUT2D eigenvalue weighted by Gasteiger charge is -2.32. The van der Waals surface area contributed by atoms with E-state index in [4.69, 9.17) is 5.73 Å². The first-order valence-electron chi connectivity index (χ1n) is 5.43. The summed E-state index contributed by atoms with van der Waals surface area (Å²) in [6.07, 6.45) is 3.50. The Morgan fingerprint density at radius 3 is 3.00 bits per heavy atom. The van der Waals surface area contributed by atoms with Gasteiger partial charge in [0.15, 0.2) is 0 Å². The van der Waals surface area contributed by atoms with Gasteiger partial charge in [-0.1, -0.05) is 11.6 Å². The summed E-state index contributed by atoms with van der Waals surface area (Å²) in [6, 6.07) is 2.59. The van der Waals surface area contributed by atoms with Crippen molar-refractivity contribution in [3.8, 4) is 0 Å². The first-order valence-corrected chi connectivity index (χ1v) is 6.37. The molecule has 0 radical (unpaired) electrons. The quantitative estimate of drug-likeness (QED) is 0.796. The Morgan fingerprint density at radius 2 is 2.47 bits per heavy atom. The van der Waals surface area contributed by atoms with Crippen molar-refractivity contribution >= 4 is 11.3 Å². The molecule has 82 valence electrons. The average Bonchev–Trinajstić information content (AvgIpc) is 2.75. The monoisotopic (exact) mass is 222 g/mol. The summed E-state index contributed by atoms with van der Waals surface area (Å²) in [7, 11) is 0. The Hall–Kier alpha value is -0.640. The second-order valence-electron chi connectivity index (χ2n) is 4.10. The van der Waals surface area contributed by atoms with Crippen molar-refractivity contribution in [3.63, 3.8) is 0 Å². The highest BCUT2D eigenvalue weighted by atomic mass is 32.1. The fourth-order valence-electron chi connectivity index (χ4n) is 2.03. The summed E-state index contributed by atoms with van der Waals surface area (Å²) < 4.78 is 0. The van der Waals surface area contributed by atoms with Crippen LogP contribution in [0, 0.1) is 0 Å². The molecule has 0 spiro atoms. The molecule has 2 nitrogen and oxygen atoms in total. The van der Waals surface area contributed by atoms with Crippen LogP contribution in [0.3, 0.4) is 0 Å². The predicted octanol–water partition coefficient (Wildman–Crippen LogP) is 2.40. The molecule has 1 unspecified atom stereocenters. The standard InChI is InChI=1S/C12H18N2S/c1-10-2-5-14(6-3-10)12(8-13)11-4-7-15-9-11/h2,4,7,9,12H,3,5-6,8,13H2,1H3. The number of thiophene rings is 1. The molecule has 1 aromatic heterocycles. The molecule has 15 heavy (non-hydrogen) atoms. The highest BCUT2D eigenvalue weighted by Crippen LogP contribution is 2.24. The van der Waals surface area contributed by atoms with E-state index in [1.54, 1.807) is 11.3 Å². The van der Waals surface area contributed by atoms with Gasteiger partial charge in [0, 0.05) is 25.7 Å². The van der Waals surface area contributed by atoms with Gasteiger partial charge in [-0.2, -0.15) is 11.3 Å². The van der Waals surface area contributed by atoms with Crippen molar-refractivity contribution < 1.29 is 0 Å². The molecular formula is C12H18N2S. The molecule has 0 saturated carbocycles. The number of hydrogen-bond acceptors (Lipinski definition) is 3. The molecule has 2 rings (SSSR count). The predicted molar refractivity (Wildman–Crippen MR) is 66.1 cm³/mol. The van der Waals surface area contributed by atoms with Gasteiger partial charge < -0.3 is 5.73 Å². The number of nitrogens with two attached hydrogens (primary N) is 1. The summed E-state index contributed by atoms with van der Waals surface area (Å²) in [4.78, 5) is 2.47. The van der Waals surface area contributed by atoms with Crippen LogP contribution in [-0.4, -0.2) is 24.5 Å². The fraction of sp³-hybridized carbons (Fsp3) is 0.500. The van der Waals surface area contributed by atoms with Crippen molar-refractivity contribution in [1.29, 1.82) is 0 Å². The highest BCUT2D eigenvalue weighted by molar-refractivity contribution is 7.07. The molecule has 0 fully saturated rings. The van der Waals surface area contributed by atoms with Gasteiger partial charge in [0.1, 0.15) is 0 Å². The molecular weight excluding hydrogens is 204 g/mol. The second kappa shape index (κ2) is 4.92. The molecule has 2 N–H and O–H groups in total. The van der Waals surface area contributed by atoms with E-state index in [1.807, 2.05) is 0 Å². The largest absolute Gasteiger partial charge is 0.329 e. The lowest BCUT2D eigenvalue weighted by Crippen LogP contribution is -2.36. The van der Waals surface area contributed by atoms with Crippen molar-refractivity contribution in [3.05, 3.63) is 34.0 Å². The molecule has 1 aliphatic heterocycles. The minimum atomic E-state index is 0.403. The van der Waals surface area contributed by atoms with Crippen LogP contribution in [0.1, 0.15) is 24.9 Å². The Balaban J connectivity index is 2.08. The first-order chi connectivity index (χ1) is 7.31. The van der Waals surface area contributed by atoms with Crippen LogP contribution in [0.25, 0.3) is 0 Å². The van der Waals surface area contributed by atoms with Crippen LogP contribution < -0.4 is 5.73 Å². The zero-order chi connectivity index (χ0) is 10.7. The lowest BCUT2D eigenvalue weighted by molar-refractivity contribution is 0.218. The van der Waals surface area contributed by atoms with Crippen LogP contribution in [0.5, 0.6) is 0 Å². The maximum atomic E-state index is 5.87. The molecule has 3 heteroatoms. The van der Waals surface area contributed by atoms with Crippen LogP contribution in [0.15, 0.2) is 28.5 Å². The average molecular weight is 222 g/mol. The van der Waals surface area contributed by atoms with Gasteiger partial charge in [-0.05, 0) is 35.7 Å². The molecule has 1 aromatic rings. The van der Waals surface area contributed by atoms with Crippen LogP contribution in [0.2, 0.25) is 0 Å². The third-order valence-electron chi connectivity index (χ3n) is 3.06. The molecule has 2 heterocycles. The van der Waals surface area contributed by atoms with Gasteiger partial charge >= 0.3 is 0 Å². The second-order valence-corrected chi connectivity index (χ2v) is 4.88. The number of hydrogen-bond donors (Lipinski definition) is 1. The molecule has 0 aromatic carbocycles. The number of nitrogens with zero attached hydrogens (tertiary/aromatic N) is 1. The van der Waals surface area contributed by atoms with Gasteiger partial charge in [-0.25, -0.2) is 0 Å². The van der Waals surface area contributed by atoms with E-state index in [9.17, 15) is 0 Å². The van der Waals surface area contributed by atoms with Crippen molar-refractivity contribution in [2.75, 3.05) is 19.6 Å². The Kier molecular flexibility index (Phi) is 3.57. The lowest BCUT2D eigenvalue weighted by atomic mass is 10.0. The topological polar surface area (TPSA) is 29.3 Å². The van der Waals surface area contributed by atoms with Crippen molar-refractivity contribution in [2.45, 2.75) is 19.4 Å². The van der Waals surface area contributed by atoms with E-state index in [0.717, 1.165) is 13.1 Å². The van der Waals surface area contributed by atoms with Crippen molar-refractivity contribution in [1.82, 2.24) is 4.90 Å². The summed E-state index contributed by atoms with van der Waals surface area (Å²) >= 11 is 1.75. The third kappa shape index (κ3) is 2.48. The zero-order valence-electron chi connectivity index (χ0n) is 9.15. The maximum absolute atomic E-state index is 5.87. The van der Waals surface area contributed by atoms with Crippen molar-refractivity contribution in [2.24, 2.45) is 5.73 Å². The fourth-order valence-corrected chi connectivity index (χ4v) is 2.74. The minimum Gasteiger partial charge on any atom is -0.329 e. The van der Waals surface area contributed by atoms with Crippen LogP contribution in [0.4, 0.5) is 0 Å². The molecule has 0 bridgehead atoms. The Labute approximate surface area is 95.4 Å². The molecule has 1 aliphatic rings. The van der Waals surface area contributed by atoms with Gasteiger partial charge in [-0.3, -0.25) is 4.90 Å². The molecule has 1 atom stereocenters. The van der Waals surface area contributed by atoms with E-state index in [0.29, 0.717) is 12.6 Å². The molecule has 0 saturated heterocycles. The van der Waals surface area contributed by atoms with Crippen LogP contribution >= 0.6 is 11.3 Å². The van der Waals surface area contributed by atoms with E-state index in [2.05, 4.69) is 34.7 Å². The SMILES string of the molecule is CC1=CCN(C(CN)c2ccsc2)CC1. The van der Waals surface area contributed by atoms with E-state index >= 15 is 0 Å². The summed E-state index contributed by atoms with van der Waals surface area (Å²) in [5.41, 5.74) is 8.75. The smallest absolute Gasteiger partial charge is 0.0482 e. The summed E-state index contributed by atoms with van der Waals surface area (Å²) in [5, 5.41) is 4.34. The maximum Gasteiger partial charge on any atom is 0.0482 e. The van der Waals surface area contributed by atoms with Crippen LogP contribution in [-0.2, 0) is 0 Å². The number of rotatable bonds is 3. The highest BCUT2D eigenvalue weighted by Gasteiger charge is 2.20. The van der Waals surface area contributed by atoms with E-state index in [1.165, 1.54) is 17.6 Å².